The second kappa shape index (κ2) is 4.50. The van der Waals surface area contributed by atoms with Crippen LogP contribution in [0.2, 0.25) is 0 Å². The van der Waals surface area contributed by atoms with E-state index in [4.69, 9.17) is 5.26 Å². The van der Waals surface area contributed by atoms with Crippen LogP contribution >= 0.6 is 0 Å². The Kier molecular flexibility index (Phi) is 3.03. The summed E-state index contributed by atoms with van der Waals surface area (Å²) in [6.07, 6.45) is 0. The third kappa shape index (κ3) is 2.05. The summed E-state index contributed by atoms with van der Waals surface area (Å²) in [7, 11) is 0. The molecule has 0 saturated carbocycles. The quantitative estimate of drug-likeness (QED) is 0.830. The van der Waals surface area contributed by atoms with Crippen LogP contribution in [0, 0.1) is 32.1 Å². The number of hydrogen-bond acceptors (Lipinski definition) is 2. The highest BCUT2D eigenvalue weighted by Gasteiger charge is 2.11. The number of nitrogens with zero attached hydrogens (tertiary/aromatic N) is 1. The summed E-state index contributed by atoms with van der Waals surface area (Å²) in [6, 6.07) is 9.83. The van der Waals surface area contributed by atoms with Crippen LogP contribution in [0.1, 0.15) is 22.4 Å². The summed E-state index contributed by atoms with van der Waals surface area (Å²) in [5.74, 6) is 0. The van der Waals surface area contributed by atoms with Crippen molar-refractivity contribution in [1.82, 2.24) is 4.98 Å². The second-order valence-corrected chi connectivity index (χ2v) is 4.50. The Labute approximate surface area is 106 Å². The van der Waals surface area contributed by atoms with E-state index in [9.17, 15) is 4.79 Å². The Balaban J connectivity index is 2.79. The van der Waals surface area contributed by atoms with Gasteiger partial charge in [-0.25, -0.2) is 0 Å². The first-order chi connectivity index (χ1) is 8.52. The zero-order chi connectivity index (χ0) is 13.3. The zero-order valence-electron chi connectivity index (χ0n) is 10.7. The maximum Gasteiger partial charge on any atom is 0.266 e. The van der Waals surface area contributed by atoms with Gasteiger partial charge in [-0.1, -0.05) is 23.8 Å². The number of pyridine rings is 1. The zero-order valence-corrected chi connectivity index (χ0v) is 10.7. The van der Waals surface area contributed by atoms with Crippen molar-refractivity contribution in [2.75, 3.05) is 0 Å². The Hall–Kier alpha value is -2.34. The Bertz CT molecular complexity index is 705. The van der Waals surface area contributed by atoms with Crippen molar-refractivity contribution in [2.24, 2.45) is 0 Å². The minimum atomic E-state index is -0.326. The molecule has 18 heavy (non-hydrogen) atoms. The summed E-state index contributed by atoms with van der Waals surface area (Å²) in [4.78, 5) is 14.4. The van der Waals surface area contributed by atoms with Crippen molar-refractivity contribution in [3.05, 3.63) is 57.0 Å². The van der Waals surface area contributed by atoms with E-state index in [-0.39, 0.29) is 11.1 Å². The Morgan fingerprint density at radius 2 is 1.83 bits per heavy atom. The molecule has 0 bridgehead atoms. The number of H-pyrrole nitrogens is 1. The molecule has 0 saturated heterocycles. The van der Waals surface area contributed by atoms with Gasteiger partial charge in [-0.05, 0) is 38.0 Å². The molecule has 3 nitrogen and oxygen atoms in total. The Morgan fingerprint density at radius 1 is 1.11 bits per heavy atom. The van der Waals surface area contributed by atoms with Gasteiger partial charge in [-0.2, -0.15) is 5.26 Å². The van der Waals surface area contributed by atoms with Crippen LogP contribution in [0.15, 0.2) is 29.1 Å². The van der Waals surface area contributed by atoms with Gasteiger partial charge in [0.25, 0.3) is 5.56 Å². The standard InChI is InChI=1S/C15H14N2O/c1-9-4-5-12(10(2)6-9)13-7-11(3)17-15(18)14(13)8-16/h4-7H,1-3H3,(H,17,18). The molecule has 2 aromatic rings. The molecule has 1 aromatic heterocycles. The molecule has 0 fully saturated rings. The fourth-order valence-electron chi connectivity index (χ4n) is 2.13. The third-order valence-electron chi connectivity index (χ3n) is 2.95. The lowest BCUT2D eigenvalue weighted by Gasteiger charge is -2.09. The first-order valence-electron chi connectivity index (χ1n) is 5.74. The number of hydrogen-bond donors (Lipinski definition) is 1. The number of nitriles is 1. The van der Waals surface area contributed by atoms with Crippen molar-refractivity contribution in [1.29, 1.82) is 5.26 Å². The molecule has 0 radical (unpaired) electrons. The van der Waals surface area contributed by atoms with Crippen LogP contribution < -0.4 is 5.56 Å². The first kappa shape index (κ1) is 12.1. The van der Waals surface area contributed by atoms with E-state index in [1.807, 2.05) is 51.1 Å². The maximum atomic E-state index is 11.8. The molecule has 0 spiro atoms. The smallest absolute Gasteiger partial charge is 0.266 e. The number of aromatic nitrogens is 1. The molecular weight excluding hydrogens is 224 g/mol. The van der Waals surface area contributed by atoms with Crippen LogP contribution in [0.5, 0.6) is 0 Å². The molecule has 1 aromatic carbocycles. The monoisotopic (exact) mass is 238 g/mol. The fraction of sp³-hybridized carbons (Fsp3) is 0.200. The highest BCUT2D eigenvalue weighted by Crippen LogP contribution is 2.26. The van der Waals surface area contributed by atoms with Crippen LogP contribution in [-0.2, 0) is 0 Å². The predicted octanol–water partition coefficient (Wildman–Crippen LogP) is 2.84. The molecular formula is C15H14N2O. The van der Waals surface area contributed by atoms with Gasteiger partial charge in [0.05, 0.1) is 0 Å². The fourth-order valence-corrected chi connectivity index (χ4v) is 2.13. The molecule has 90 valence electrons. The van der Waals surface area contributed by atoms with Crippen LogP contribution in [-0.4, -0.2) is 4.98 Å². The van der Waals surface area contributed by atoms with Crippen molar-refractivity contribution >= 4 is 0 Å². The van der Waals surface area contributed by atoms with Crippen molar-refractivity contribution < 1.29 is 0 Å². The van der Waals surface area contributed by atoms with Gasteiger partial charge in [-0.3, -0.25) is 4.79 Å². The molecule has 1 heterocycles. The molecule has 2 rings (SSSR count). The number of nitrogens with one attached hydrogen (secondary N) is 1. The number of aromatic amines is 1. The average Bonchev–Trinajstić information content (AvgIpc) is 2.28. The van der Waals surface area contributed by atoms with E-state index < -0.39 is 0 Å². The topological polar surface area (TPSA) is 56.6 Å². The lowest BCUT2D eigenvalue weighted by Crippen LogP contribution is -2.13. The molecule has 3 heteroatoms. The molecule has 0 aliphatic rings. The maximum absolute atomic E-state index is 11.8. The molecule has 0 aliphatic carbocycles. The predicted molar refractivity (Wildman–Crippen MR) is 71.4 cm³/mol. The van der Waals surface area contributed by atoms with Gasteiger partial charge >= 0.3 is 0 Å². The highest BCUT2D eigenvalue weighted by molar-refractivity contribution is 5.73. The molecule has 0 aliphatic heterocycles. The van der Waals surface area contributed by atoms with E-state index in [0.29, 0.717) is 5.56 Å². The lowest BCUT2D eigenvalue weighted by atomic mass is 9.96. The molecule has 0 amide bonds. The second-order valence-electron chi connectivity index (χ2n) is 4.50. The van der Waals surface area contributed by atoms with Crippen LogP contribution in [0.3, 0.4) is 0 Å². The van der Waals surface area contributed by atoms with Gasteiger partial charge < -0.3 is 4.98 Å². The van der Waals surface area contributed by atoms with Gasteiger partial charge in [0.2, 0.25) is 0 Å². The summed E-state index contributed by atoms with van der Waals surface area (Å²) < 4.78 is 0. The number of aryl methyl sites for hydroxylation is 3. The van der Waals surface area contributed by atoms with Crippen LogP contribution in [0.25, 0.3) is 11.1 Å². The van der Waals surface area contributed by atoms with E-state index in [2.05, 4.69) is 4.98 Å². The Morgan fingerprint density at radius 3 is 2.44 bits per heavy atom. The van der Waals surface area contributed by atoms with Gasteiger partial charge in [0.15, 0.2) is 0 Å². The minimum Gasteiger partial charge on any atom is -0.325 e. The average molecular weight is 238 g/mol. The SMILES string of the molecule is Cc1ccc(-c2cc(C)[nH]c(=O)c2C#N)c(C)c1. The van der Waals surface area contributed by atoms with Crippen molar-refractivity contribution in [3.63, 3.8) is 0 Å². The minimum absolute atomic E-state index is 0.174. The van der Waals surface area contributed by atoms with Crippen molar-refractivity contribution in [2.45, 2.75) is 20.8 Å². The summed E-state index contributed by atoms with van der Waals surface area (Å²) in [6.45, 7) is 5.82. The van der Waals surface area contributed by atoms with E-state index in [1.54, 1.807) is 0 Å². The third-order valence-corrected chi connectivity index (χ3v) is 2.95. The lowest BCUT2D eigenvalue weighted by molar-refractivity contribution is 1.13. The summed E-state index contributed by atoms with van der Waals surface area (Å²) in [5, 5.41) is 9.13. The van der Waals surface area contributed by atoms with Gasteiger partial charge in [0, 0.05) is 11.3 Å². The van der Waals surface area contributed by atoms with Gasteiger partial charge in [0.1, 0.15) is 11.6 Å². The normalized spacial score (nSPS) is 10.1. The molecule has 0 atom stereocenters. The van der Waals surface area contributed by atoms with E-state index >= 15 is 0 Å². The van der Waals surface area contributed by atoms with E-state index in [0.717, 1.165) is 22.4 Å². The summed E-state index contributed by atoms with van der Waals surface area (Å²) >= 11 is 0. The molecule has 1 N–H and O–H groups in total. The number of benzene rings is 1. The number of rotatable bonds is 1. The highest BCUT2D eigenvalue weighted by atomic mass is 16.1. The first-order valence-corrected chi connectivity index (χ1v) is 5.74. The van der Waals surface area contributed by atoms with Gasteiger partial charge in [-0.15, -0.1) is 0 Å². The van der Waals surface area contributed by atoms with Crippen molar-refractivity contribution in [3.8, 4) is 17.2 Å². The molecule has 0 unspecified atom stereocenters. The summed E-state index contributed by atoms with van der Waals surface area (Å²) in [5.41, 5.74) is 4.48. The largest absolute Gasteiger partial charge is 0.325 e. The van der Waals surface area contributed by atoms with E-state index in [1.165, 1.54) is 0 Å². The van der Waals surface area contributed by atoms with Crippen LogP contribution in [0.4, 0.5) is 0 Å².